The number of alkyl carbamates (subject to hydrolysis) is 1. The van der Waals surface area contributed by atoms with Gasteiger partial charge in [-0.2, -0.15) is 0 Å². The number of methoxy groups -OCH3 is 1. The second kappa shape index (κ2) is 10.7. The average molecular weight is 469 g/mol. The van der Waals surface area contributed by atoms with Crippen LogP contribution in [-0.2, 0) is 38.1 Å². The summed E-state index contributed by atoms with van der Waals surface area (Å²) in [6.07, 6.45) is -1.35. The third-order valence-corrected chi connectivity index (χ3v) is 5.25. The Labute approximate surface area is 192 Å². The van der Waals surface area contributed by atoms with E-state index in [1.54, 1.807) is 27.7 Å². The molecule has 2 N–H and O–H groups in total. The number of nitrogens with one attached hydrogen (secondary N) is 2. The second-order valence-corrected chi connectivity index (χ2v) is 9.17. The first-order valence-electron chi connectivity index (χ1n) is 10.8. The molecule has 1 heterocycles. The second-order valence-electron chi connectivity index (χ2n) is 9.17. The third kappa shape index (κ3) is 7.47. The summed E-state index contributed by atoms with van der Waals surface area (Å²) < 4.78 is 20.8. The summed E-state index contributed by atoms with van der Waals surface area (Å²) in [4.78, 5) is 62.9. The highest BCUT2D eigenvalue weighted by Crippen LogP contribution is 2.31. The number of carbonyl (C=O) groups is 5. The third-order valence-electron chi connectivity index (χ3n) is 5.25. The maximum atomic E-state index is 13.0. The average Bonchev–Trinajstić information content (AvgIpc) is 2.70. The SMILES string of the molecule is COC(=O)[C@H]1NC(=O)[C@@H](NC(=O)OC(C)(C)C)CC(=O)OC2=C(C)CC[C@H](C2)C(=O)O[C@@H]1C. The van der Waals surface area contributed by atoms with E-state index in [2.05, 4.69) is 10.6 Å². The lowest BCUT2D eigenvalue weighted by molar-refractivity contribution is -0.161. The van der Waals surface area contributed by atoms with E-state index in [0.717, 1.165) is 12.7 Å². The summed E-state index contributed by atoms with van der Waals surface area (Å²) in [5.74, 6) is -3.31. The van der Waals surface area contributed by atoms with Crippen LogP contribution < -0.4 is 10.6 Å². The summed E-state index contributed by atoms with van der Waals surface area (Å²) in [6, 6.07) is -2.77. The normalized spacial score (nSPS) is 27.0. The number of cyclic esters (lactones) is 1. The number of rotatable bonds is 2. The van der Waals surface area contributed by atoms with Gasteiger partial charge in [-0.3, -0.25) is 14.4 Å². The van der Waals surface area contributed by atoms with Crippen LogP contribution in [0.5, 0.6) is 0 Å². The van der Waals surface area contributed by atoms with Crippen LogP contribution in [0.15, 0.2) is 11.3 Å². The Morgan fingerprint density at radius 1 is 1.15 bits per heavy atom. The lowest BCUT2D eigenvalue weighted by Crippen LogP contribution is -2.56. The van der Waals surface area contributed by atoms with E-state index in [0.29, 0.717) is 18.6 Å². The van der Waals surface area contributed by atoms with Crippen LogP contribution in [0.3, 0.4) is 0 Å². The Morgan fingerprint density at radius 2 is 1.82 bits per heavy atom. The Bertz CT molecular complexity index is 843. The van der Waals surface area contributed by atoms with Crippen molar-refractivity contribution in [1.82, 2.24) is 10.6 Å². The van der Waals surface area contributed by atoms with Crippen molar-refractivity contribution in [3.8, 4) is 0 Å². The van der Waals surface area contributed by atoms with Crippen molar-refractivity contribution < 1.29 is 42.9 Å². The Kier molecular flexibility index (Phi) is 8.45. The maximum absolute atomic E-state index is 13.0. The molecule has 0 saturated carbocycles. The topological polar surface area (TPSA) is 146 Å². The quantitative estimate of drug-likeness (QED) is 0.454. The maximum Gasteiger partial charge on any atom is 0.408 e. The van der Waals surface area contributed by atoms with Crippen molar-refractivity contribution in [1.29, 1.82) is 0 Å². The van der Waals surface area contributed by atoms with Crippen molar-refractivity contribution >= 4 is 29.9 Å². The molecule has 0 aromatic carbocycles. The van der Waals surface area contributed by atoms with Crippen LogP contribution in [0.1, 0.15) is 60.3 Å². The van der Waals surface area contributed by atoms with Gasteiger partial charge < -0.3 is 29.6 Å². The minimum absolute atomic E-state index is 0.150. The molecule has 0 spiro atoms. The minimum atomic E-state index is -1.41. The largest absolute Gasteiger partial charge is 0.467 e. The van der Waals surface area contributed by atoms with Crippen molar-refractivity contribution in [2.75, 3.05) is 7.11 Å². The van der Waals surface area contributed by atoms with Crippen LogP contribution in [0, 0.1) is 5.92 Å². The lowest BCUT2D eigenvalue weighted by Gasteiger charge is -2.27. The molecule has 0 aromatic rings. The highest BCUT2D eigenvalue weighted by Gasteiger charge is 2.38. The van der Waals surface area contributed by atoms with Gasteiger partial charge in [-0.1, -0.05) is 0 Å². The Hall–Kier alpha value is -3.11. The molecule has 1 aliphatic heterocycles. The Balaban J connectivity index is 2.38. The fourth-order valence-electron chi connectivity index (χ4n) is 3.46. The molecule has 11 heteroatoms. The van der Waals surface area contributed by atoms with Crippen molar-refractivity contribution in [2.45, 2.75) is 84.1 Å². The van der Waals surface area contributed by atoms with Crippen LogP contribution in [0.25, 0.3) is 0 Å². The zero-order valence-electron chi connectivity index (χ0n) is 19.8. The van der Waals surface area contributed by atoms with Gasteiger partial charge in [-0.15, -0.1) is 0 Å². The van der Waals surface area contributed by atoms with E-state index >= 15 is 0 Å². The highest BCUT2D eigenvalue weighted by atomic mass is 16.6. The number of amides is 2. The van der Waals surface area contributed by atoms with Gasteiger partial charge in [-0.05, 0) is 53.0 Å². The van der Waals surface area contributed by atoms with Crippen molar-refractivity contribution in [3.05, 3.63) is 11.3 Å². The first kappa shape index (κ1) is 26.1. The summed E-state index contributed by atoms with van der Waals surface area (Å²) in [5.41, 5.74) is -0.0374. The fourth-order valence-corrected chi connectivity index (χ4v) is 3.46. The minimum Gasteiger partial charge on any atom is -0.467 e. The van der Waals surface area contributed by atoms with Gasteiger partial charge in [0.1, 0.15) is 23.5 Å². The molecule has 11 nitrogen and oxygen atoms in total. The summed E-state index contributed by atoms with van der Waals surface area (Å²) in [6.45, 7) is 8.17. The molecule has 1 aliphatic carbocycles. The molecular formula is C22H32N2O9. The molecule has 2 bridgehead atoms. The molecule has 184 valence electrons. The molecule has 1 saturated heterocycles. The van der Waals surface area contributed by atoms with Crippen LogP contribution in [0.2, 0.25) is 0 Å². The van der Waals surface area contributed by atoms with Gasteiger partial charge in [0, 0.05) is 6.42 Å². The standard InChI is InChI=1S/C22H32N2O9/c1-11-7-8-13-9-15(11)32-16(25)10-14(23-21(29)33-22(3,4)5)18(26)24-17(20(28)30-6)12(2)31-19(13)27/h12-14,17H,7-10H2,1-6H3,(H,23,29)(H,24,26)/t12-,13-,14+,17+/m1/s1. The summed E-state index contributed by atoms with van der Waals surface area (Å²) >= 11 is 0. The highest BCUT2D eigenvalue weighted by molar-refractivity contribution is 5.93. The molecule has 4 atom stereocenters. The molecule has 2 aliphatic rings. The van der Waals surface area contributed by atoms with E-state index in [1.807, 2.05) is 0 Å². The number of carbonyl (C=O) groups excluding carboxylic acids is 5. The molecule has 2 amide bonds. The molecule has 0 radical (unpaired) electrons. The number of hydrogen-bond donors (Lipinski definition) is 2. The number of ether oxygens (including phenoxy) is 4. The van der Waals surface area contributed by atoms with Crippen LogP contribution in [-0.4, -0.2) is 60.8 Å². The zero-order chi connectivity index (χ0) is 24.9. The first-order chi connectivity index (χ1) is 15.3. The van der Waals surface area contributed by atoms with Crippen molar-refractivity contribution in [2.24, 2.45) is 5.92 Å². The van der Waals surface area contributed by atoms with E-state index in [1.165, 1.54) is 6.92 Å². The van der Waals surface area contributed by atoms with Gasteiger partial charge in [-0.25, -0.2) is 9.59 Å². The van der Waals surface area contributed by atoms with E-state index < -0.39 is 66.0 Å². The van der Waals surface area contributed by atoms with Gasteiger partial charge in [0.15, 0.2) is 6.04 Å². The van der Waals surface area contributed by atoms with Gasteiger partial charge in [0.05, 0.1) is 19.4 Å². The monoisotopic (exact) mass is 468 g/mol. The predicted octanol–water partition coefficient (Wildman–Crippen LogP) is 1.49. The molecule has 0 aromatic heterocycles. The van der Waals surface area contributed by atoms with Gasteiger partial charge in [0.25, 0.3) is 0 Å². The van der Waals surface area contributed by atoms with Crippen LogP contribution >= 0.6 is 0 Å². The fraction of sp³-hybridized carbons (Fsp3) is 0.682. The lowest BCUT2D eigenvalue weighted by atomic mass is 9.88. The molecular weight excluding hydrogens is 436 g/mol. The Morgan fingerprint density at radius 3 is 2.42 bits per heavy atom. The number of allylic oxidation sites excluding steroid dienone is 2. The number of esters is 3. The molecule has 1 fully saturated rings. The van der Waals surface area contributed by atoms with Crippen molar-refractivity contribution in [3.63, 3.8) is 0 Å². The number of hydrogen-bond acceptors (Lipinski definition) is 9. The molecule has 2 rings (SSSR count). The van der Waals surface area contributed by atoms with E-state index in [-0.39, 0.29) is 6.42 Å². The van der Waals surface area contributed by atoms with E-state index in [9.17, 15) is 24.0 Å². The van der Waals surface area contributed by atoms with E-state index in [4.69, 9.17) is 18.9 Å². The summed E-state index contributed by atoms with van der Waals surface area (Å²) in [7, 11) is 1.12. The first-order valence-corrected chi connectivity index (χ1v) is 10.8. The predicted molar refractivity (Wildman–Crippen MR) is 113 cm³/mol. The molecule has 0 unspecified atom stereocenters. The van der Waals surface area contributed by atoms with Gasteiger partial charge in [0.2, 0.25) is 5.91 Å². The summed E-state index contributed by atoms with van der Waals surface area (Å²) in [5, 5.41) is 4.74. The smallest absolute Gasteiger partial charge is 0.408 e. The molecule has 33 heavy (non-hydrogen) atoms. The number of fused-ring (bicyclic) bond motifs is 2. The zero-order valence-corrected chi connectivity index (χ0v) is 19.8. The van der Waals surface area contributed by atoms with Gasteiger partial charge >= 0.3 is 24.0 Å². The van der Waals surface area contributed by atoms with Crippen LogP contribution in [0.4, 0.5) is 4.79 Å².